The lowest BCUT2D eigenvalue weighted by atomic mass is 10.1. The largest absolute Gasteiger partial charge is 0.341 e. The van der Waals surface area contributed by atoms with Crippen LogP contribution in [0.4, 0.5) is 0 Å². The Morgan fingerprint density at radius 2 is 1.93 bits per heavy atom. The van der Waals surface area contributed by atoms with Crippen LogP contribution in [0.25, 0.3) is 16.9 Å². The van der Waals surface area contributed by atoms with E-state index in [0.29, 0.717) is 11.6 Å². The summed E-state index contributed by atoms with van der Waals surface area (Å²) >= 11 is 6.23. The van der Waals surface area contributed by atoms with Gasteiger partial charge in [-0.25, -0.2) is 4.98 Å². The monoisotopic (exact) mass is 398 g/mol. The number of likely N-dealkylation sites (N-methyl/N-ethyl adjacent to an activating group) is 1. The molecule has 5 nitrogen and oxygen atoms in total. The average molecular weight is 399 g/mol. The number of carbonyl (C=O) groups excluding carboxylic acids is 1. The predicted octanol–water partition coefficient (Wildman–Crippen LogP) is 3.96. The fraction of sp³-hybridized carbons (Fsp3) is 0.364. The Hall–Kier alpha value is -2.37. The molecule has 148 valence electrons. The molecular weight excluding hydrogens is 372 g/mol. The van der Waals surface area contributed by atoms with Crippen LogP contribution in [0.1, 0.15) is 24.6 Å². The normalized spacial score (nSPS) is 11.1. The third-order valence-electron chi connectivity index (χ3n) is 4.80. The molecule has 0 atom stereocenters. The van der Waals surface area contributed by atoms with Gasteiger partial charge in [0, 0.05) is 31.4 Å². The molecule has 1 amide bonds. The number of rotatable bonds is 8. The number of carbonyl (C=O) groups is 1. The summed E-state index contributed by atoms with van der Waals surface area (Å²) < 4.78 is 1.94. The number of amides is 1. The first-order valence-electron chi connectivity index (χ1n) is 9.69. The molecule has 0 unspecified atom stereocenters. The summed E-state index contributed by atoms with van der Waals surface area (Å²) in [6.45, 7) is 6.36. The topological polar surface area (TPSA) is 49.6 Å². The van der Waals surface area contributed by atoms with E-state index in [9.17, 15) is 4.79 Å². The molecular formula is C22H27ClN4O. The van der Waals surface area contributed by atoms with E-state index in [1.54, 1.807) is 0 Å². The van der Waals surface area contributed by atoms with Crippen molar-refractivity contribution in [3.05, 3.63) is 58.9 Å². The number of pyridine rings is 1. The Labute approximate surface area is 171 Å². The minimum absolute atomic E-state index is 0.104. The number of imidazole rings is 1. The standard InChI is InChI=1S/C22H27ClN4O/c1-4-12-26(13-11-24-3)21(28)14-19-22(17-7-5-16(2)6-8-17)25-20-10-9-18(23)15-27(19)20/h5-10,15,24H,4,11-14H2,1-3H3. The van der Waals surface area contributed by atoms with Gasteiger partial charge in [-0.1, -0.05) is 48.4 Å². The van der Waals surface area contributed by atoms with Crippen molar-refractivity contribution in [3.63, 3.8) is 0 Å². The van der Waals surface area contributed by atoms with Gasteiger partial charge in [-0.3, -0.25) is 4.79 Å². The van der Waals surface area contributed by atoms with Gasteiger partial charge in [-0.15, -0.1) is 0 Å². The van der Waals surface area contributed by atoms with Gasteiger partial charge in [0.25, 0.3) is 0 Å². The highest BCUT2D eigenvalue weighted by Crippen LogP contribution is 2.27. The first-order chi connectivity index (χ1) is 13.5. The van der Waals surface area contributed by atoms with Gasteiger partial charge < -0.3 is 14.6 Å². The Balaban J connectivity index is 2.02. The van der Waals surface area contributed by atoms with Crippen molar-refractivity contribution in [2.75, 3.05) is 26.7 Å². The highest BCUT2D eigenvalue weighted by Gasteiger charge is 2.20. The zero-order valence-corrected chi connectivity index (χ0v) is 17.5. The summed E-state index contributed by atoms with van der Waals surface area (Å²) in [7, 11) is 1.90. The van der Waals surface area contributed by atoms with Crippen LogP contribution in [0.3, 0.4) is 0 Å². The van der Waals surface area contributed by atoms with E-state index in [-0.39, 0.29) is 12.3 Å². The van der Waals surface area contributed by atoms with Crippen LogP contribution in [0, 0.1) is 6.92 Å². The quantitative estimate of drug-likeness (QED) is 0.624. The maximum absolute atomic E-state index is 13.1. The molecule has 0 saturated heterocycles. The number of halogens is 1. The Bertz CT molecular complexity index is 949. The van der Waals surface area contributed by atoms with Crippen LogP contribution in [0.5, 0.6) is 0 Å². The second-order valence-corrected chi connectivity index (χ2v) is 7.45. The first kappa shape index (κ1) is 20.4. The number of nitrogens with one attached hydrogen (secondary N) is 1. The van der Waals surface area contributed by atoms with Crippen LogP contribution in [0.15, 0.2) is 42.6 Å². The molecule has 0 saturated carbocycles. The molecule has 3 rings (SSSR count). The summed E-state index contributed by atoms with van der Waals surface area (Å²) in [6.07, 6.45) is 3.05. The van der Waals surface area contributed by atoms with E-state index in [2.05, 4.69) is 43.4 Å². The number of aryl methyl sites for hydroxylation is 1. The van der Waals surface area contributed by atoms with Crippen LogP contribution < -0.4 is 5.32 Å². The summed E-state index contributed by atoms with van der Waals surface area (Å²) in [4.78, 5) is 19.8. The van der Waals surface area contributed by atoms with E-state index in [4.69, 9.17) is 16.6 Å². The summed E-state index contributed by atoms with van der Waals surface area (Å²) in [6, 6.07) is 11.9. The number of hydrogen-bond acceptors (Lipinski definition) is 3. The predicted molar refractivity (Wildman–Crippen MR) is 115 cm³/mol. The third-order valence-corrected chi connectivity index (χ3v) is 5.03. The summed E-state index contributed by atoms with van der Waals surface area (Å²) in [5.74, 6) is 0.104. The summed E-state index contributed by atoms with van der Waals surface area (Å²) in [5.41, 5.74) is 4.69. The Morgan fingerprint density at radius 1 is 1.18 bits per heavy atom. The van der Waals surface area contributed by atoms with E-state index < -0.39 is 0 Å². The van der Waals surface area contributed by atoms with Crippen molar-refractivity contribution < 1.29 is 4.79 Å². The molecule has 0 fully saturated rings. The minimum atomic E-state index is 0.104. The lowest BCUT2D eigenvalue weighted by Gasteiger charge is -2.22. The van der Waals surface area contributed by atoms with Crippen molar-refractivity contribution in [2.45, 2.75) is 26.7 Å². The molecule has 1 N–H and O–H groups in total. The number of nitrogens with zero attached hydrogens (tertiary/aromatic N) is 3. The molecule has 2 aromatic heterocycles. The average Bonchev–Trinajstić information content (AvgIpc) is 3.03. The van der Waals surface area contributed by atoms with Crippen LogP contribution >= 0.6 is 11.6 Å². The van der Waals surface area contributed by atoms with Gasteiger partial charge in [0.2, 0.25) is 5.91 Å². The van der Waals surface area contributed by atoms with Crippen LogP contribution in [0.2, 0.25) is 5.02 Å². The lowest BCUT2D eigenvalue weighted by Crippen LogP contribution is -2.37. The molecule has 1 aromatic carbocycles. The van der Waals surface area contributed by atoms with Gasteiger partial charge in [0.1, 0.15) is 5.65 Å². The van der Waals surface area contributed by atoms with Gasteiger partial charge in [-0.05, 0) is 32.5 Å². The maximum atomic E-state index is 13.1. The molecule has 0 radical (unpaired) electrons. The maximum Gasteiger partial charge on any atom is 0.228 e. The second-order valence-electron chi connectivity index (χ2n) is 7.01. The first-order valence-corrected chi connectivity index (χ1v) is 10.1. The van der Waals surface area contributed by atoms with Crippen molar-refractivity contribution in [2.24, 2.45) is 0 Å². The zero-order chi connectivity index (χ0) is 20.1. The molecule has 0 spiro atoms. The highest BCUT2D eigenvalue weighted by atomic mass is 35.5. The number of aromatic nitrogens is 2. The van der Waals surface area contributed by atoms with Gasteiger partial charge in [0.05, 0.1) is 22.8 Å². The molecule has 28 heavy (non-hydrogen) atoms. The minimum Gasteiger partial charge on any atom is -0.341 e. The molecule has 6 heteroatoms. The fourth-order valence-corrected chi connectivity index (χ4v) is 3.47. The van der Waals surface area contributed by atoms with E-state index in [1.807, 2.05) is 34.7 Å². The smallest absolute Gasteiger partial charge is 0.228 e. The molecule has 3 aromatic rings. The van der Waals surface area contributed by atoms with Crippen molar-refractivity contribution in [1.82, 2.24) is 19.6 Å². The van der Waals surface area contributed by atoms with Crippen molar-refractivity contribution in [1.29, 1.82) is 0 Å². The van der Waals surface area contributed by atoms with E-state index in [1.165, 1.54) is 5.56 Å². The van der Waals surface area contributed by atoms with Gasteiger partial charge in [0.15, 0.2) is 0 Å². The summed E-state index contributed by atoms with van der Waals surface area (Å²) in [5, 5.41) is 3.74. The highest BCUT2D eigenvalue weighted by molar-refractivity contribution is 6.30. The number of fused-ring (bicyclic) bond motifs is 1. The van der Waals surface area contributed by atoms with Crippen LogP contribution in [-0.4, -0.2) is 46.9 Å². The van der Waals surface area contributed by atoms with Crippen molar-refractivity contribution >= 4 is 23.2 Å². The van der Waals surface area contributed by atoms with E-state index >= 15 is 0 Å². The zero-order valence-electron chi connectivity index (χ0n) is 16.7. The number of benzene rings is 1. The van der Waals surface area contributed by atoms with Gasteiger partial charge >= 0.3 is 0 Å². The van der Waals surface area contributed by atoms with Gasteiger partial charge in [-0.2, -0.15) is 0 Å². The molecule has 2 heterocycles. The SMILES string of the molecule is CCCN(CCNC)C(=O)Cc1c(-c2ccc(C)cc2)nc2ccc(Cl)cn12. The van der Waals surface area contributed by atoms with Crippen LogP contribution in [-0.2, 0) is 11.2 Å². The molecule has 0 aliphatic heterocycles. The third kappa shape index (κ3) is 4.54. The molecule has 0 bridgehead atoms. The fourth-order valence-electron chi connectivity index (χ4n) is 3.31. The second kappa shape index (κ2) is 9.22. The van der Waals surface area contributed by atoms with Crippen molar-refractivity contribution in [3.8, 4) is 11.3 Å². The molecule has 0 aliphatic carbocycles. The van der Waals surface area contributed by atoms with E-state index in [0.717, 1.165) is 42.1 Å². The molecule has 0 aliphatic rings. The number of hydrogen-bond donors (Lipinski definition) is 1. The Morgan fingerprint density at radius 3 is 2.61 bits per heavy atom. The lowest BCUT2D eigenvalue weighted by molar-refractivity contribution is -0.130. The Kier molecular flexibility index (Phi) is 6.70.